The number of nitrogens with zero attached hydrogens (tertiary/aromatic N) is 1. The van der Waals surface area contributed by atoms with Crippen LogP contribution in [0.3, 0.4) is 0 Å². The second-order valence-corrected chi connectivity index (χ2v) is 4.53. The molecule has 0 radical (unpaired) electrons. The van der Waals surface area contributed by atoms with E-state index in [1.165, 1.54) is 24.5 Å². The van der Waals surface area contributed by atoms with Crippen LogP contribution in [0.5, 0.6) is 0 Å². The molecule has 0 aliphatic rings. The average molecular weight is 280 g/mol. The molecule has 0 amide bonds. The third-order valence-corrected chi connectivity index (χ3v) is 2.30. The molecule has 7 nitrogen and oxygen atoms in total. The minimum Gasteiger partial charge on any atom is -0.359 e. The molecule has 0 aliphatic heterocycles. The highest BCUT2D eigenvalue weighted by Gasteiger charge is 2.22. The zero-order chi connectivity index (χ0) is 15.1. The molecule has 2 N–H and O–H groups in total. The van der Waals surface area contributed by atoms with E-state index in [-0.39, 0.29) is 11.5 Å². The molecular weight excluding hydrogens is 264 g/mol. The minimum absolute atomic E-state index is 0.121. The van der Waals surface area contributed by atoms with E-state index in [0.29, 0.717) is 6.42 Å². The van der Waals surface area contributed by atoms with Gasteiger partial charge in [-0.1, -0.05) is 13.8 Å². The summed E-state index contributed by atoms with van der Waals surface area (Å²) in [4.78, 5) is 37.9. The van der Waals surface area contributed by atoms with Crippen LogP contribution in [-0.4, -0.2) is 29.1 Å². The molecule has 20 heavy (non-hydrogen) atoms. The Morgan fingerprint density at radius 2 is 1.80 bits per heavy atom. The van der Waals surface area contributed by atoms with Crippen molar-refractivity contribution < 1.29 is 23.9 Å². The summed E-state index contributed by atoms with van der Waals surface area (Å²) in [7, 11) is 0. The van der Waals surface area contributed by atoms with Gasteiger partial charge < -0.3 is 15.2 Å². The normalized spacial score (nSPS) is 11.8. The van der Waals surface area contributed by atoms with Gasteiger partial charge in [-0.15, -0.1) is 0 Å². The van der Waals surface area contributed by atoms with Gasteiger partial charge in [0.25, 0.3) is 0 Å². The molecule has 1 rings (SSSR count). The first-order chi connectivity index (χ1) is 9.40. The Hall–Kier alpha value is -2.28. The fourth-order valence-electron chi connectivity index (χ4n) is 1.41. The van der Waals surface area contributed by atoms with Crippen molar-refractivity contribution in [3.05, 3.63) is 30.1 Å². The molecule has 0 saturated heterocycles. The average Bonchev–Trinajstić information content (AvgIpc) is 2.38. The Balaban J connectivity index is 2.48. The molecule has 1 aromatic rings. The quantitative estimate of drug-likeness (QED) is 0.653. The van der Waals surface area contributed by atoms with Gasteiger partial charge in [-0.2, -0.15) is 0 Å². The van der Waals surface area contributed by atoms with Crippen molar-refractivity contribution in [1.82, 2.24) is 4.98 Å². The number of nitrogens with two attached hydrogens (primary N) is 1. The molecule has 0 aromatic carbocycles. The number of hydrogen-bond donors (Lipinski definition) is 1. The van der Waals surface area contributed by atoms with Crippen LogP contribution in [0.2, 0.25) is 0 Å². The summed E-state index contributed by atoms with van der Waals surface area (Å²) in [6, 6.07) is 1.79. The van der Waals surface area contributed by atoms with Gasteiger partial charge in [0.05, 0.1) is 5.56 Å². The van der Waals surface area contributed by atoms with Crippen LogP contribution < -0.4 is 5.73 Å². The van der Waals surface area contributed by atoms with E-state index in [1.54, 1.807) is 0 Å². The molecule has 0 saturated carbocycles. The fourth-order valence-corrected chi connectivity index (χ4v) is 1.41. The molecule has 1 aromatic heterocycles. The van der Waals surface area contributed by atoms with Gasteiger partial charge in [-0.3, -0.25) is 4.98 Å². The molecule has 1 atom stereocenters. The number of ether oxygens (including phenoxy) is 2. The van der Waals surface area contributed by atoms with E-state index < -0.39 is 24.1 Å². The standard InChI is InChI=1S/C13H16N2O5/c1-8(2)7-10(14)12(17)20-13(18)19-11(16)9-3-5-15-6-4-9/h3-6,8,10H,7,14H2,1-2H3/t10-/m0/s1. The summed E-state index contributed by atoms with van der Waals surface area (Å²) in [5.41, 5.74) is 5.65. The van der Waals surface area contributed by atoms with E-state index in [4.69, 9.17) is 5.73 Å². The van der Waals surface area contributed by atoms with Crippen molar-refractivity contribution in [2.75, 3.05) is 0 Å². The summed E-state index contributed by atoms with van der Waals surface area (Å²) in [5, 5.41) is 0. The predicted molar refractivity (Wildman–Crippen MR) is 68.6 cm³/mol. The van der Waals surface area contributed by atoms with Crippen molar-refractivity contribution in [2.45, 2.75) is 26.3 Å². The predicted octanol–water partition coefficient (Wildman–Crippen LogP) is 1.27. The van der Waals surface area contributed by atoms with Crippen LogP contribution in [0.1, 0.15) is 30.6 Å². The summed E-state index contributed by atoms with van der Waals surface area (Å²) in [6.07, 6.45) is 1.71. The first-order valence-electron chi connectivity index (χ1n) is 6.03. The maximum atomic E-state index is 11.5. The molecule has 0 fully saturated rings. The lowest BCUT2D eigenvalue weighted by atomic mass is 10.1. The summed E-state index contributed by atoms with van der Waals surface area (Å²) in [5.74, 6) is -1.68. The second-order valence-electron chi connectivity index (χ2n) is 4.53. The van der Waals surface area contributed by atoms with Crippen LogP contribution in [0.15, 0.2) is 24.5 Å². The zero-order valence-corrected chi connectivity index (χ0v) is 11.2. The summed E-state index contributed by atoms with van der Waals surface area (Å²) in [6.45, 7) is 3.75. The van der Waals surface area contributed by atoms with Crippen molar-refractivity contribution in [3.63, 3.8) is 0 Å². The number of esters is 2. The number of aromatic nitrogens is 1. The minimum atomic E-state index is -1.39. The lowest BCUT2D eigenvalue weighted by Crippen LogP contribution is -2.35. The monoisotopic (exact) mass is 280 g/mol. The molecule has 0 unspecified atom stereocenters. The Labute approximate surface area is 116 Å². The highest BCUT2D eigenvalue weighted by molar-refractivity contribution is 5.97. The number of carbonyl (C=O) groups excluding carboxylic acids is 3. The van der Waals surface area contributed by atoms with Crippen molar-refractivity contribution in [2.24, 2.45) is 11.7 Å². The highest BCUT2D eigenvalue weighted by atomic mass is 16.8. The number of rotatable bonds is 4. The molecule has 7 heteroatoms. The number of carbonyl (C=O) groups is 3. The second kappa shape index (κ2) is 7.34. The van der Waals surface area contributed by atoms with Crippen LogP contribution >= 0.6 is 0 Å². The Bertz CT molecular complexity index is 487. The maximum absolute atomic E-state index is 11.5. The third kappa shape index (κ3) is 5.15. The van der Waals surface area contributed by atoms with Crippen molar-refractivity contribution in [1.29, 1.82) is 0 Å². The molecule has 0 spiro atoms. The van der Waals surface area contributed by atoms with Gasteiger partial charge in [-0.25, -0.2) is 14.4 Å². The van der Waals surface area contributed by atoms with Gasteiger partial charge in [0.1, 0.15) is 6.04 Å². The van der Waals surface area contributed by atoms with Crippen LogP contribution in [0, 0.1) is 5.92 Å². The summed E-state index contributed by atoms with van der Waals surface area (Å²) >= 11 is 0. The lowest BCUT2D eigenvalue weighted by Gasteiger charge is -2.11. The topological polar surface area (TPSA) is 109 Å². The van der Waals surface area contributed by atoms with E-state index in [2.05, 4.69) is 14.5 Å². The van der Waals surface area contributed by atoms with E-state index in [0.717, 1.165) is 0 Å². The van der Waals surface area contributed by atoms with Crippen LogP contribution in [0.4, 0.5) is 4.79 Å². The largest absolute Gasteiger partial charge is 0.524 e. The Morgan fingerprint density at radius 3 is 2.35 bits per heavy atom. The van der Waals surface area contributed by atoms with Gasteiger partial charge in [0, 0.05) is 12.4 Å². The molecule has 0 aliphatic carbocycles. The summed E-state index contributed by atoms with van der Waals surface area (Å²) < 4.78 is 8.70. The van der Waals surface area contributed by atoms with Gasteiger partial charge in [0.2, 0.25) is 0 Å². The van der Waals surface area contributed by atoms with Gasteiger partial charge in [-0.05, 0) is 24.5 Å². The van der Waals surface area contributed by atoms with Gasteiger partial charge in [0.15, 0.2) is 0 Å². The van der Waals surface area contributed by atoms with Crippen LogP contribution in [0.25, 0.3) is 0 Å². The van der Waals surface area contributed by atoms with E-state index in [9.17, 15) is 14.4 Å². The third-order valence-electron chi connectivity index (χ3n) is 2.30. The van der Waals surface area contributed by atoms with Crippen LogP contribution in [-0.2, 0) is 14.3 Å². The highest BCUT2D eigenvalue weighted by Crippen LogP contribution is 2.05. The smallest absolute Gasteiger partial charge is 0.359 e. The molecule has 108 valence electrons. The molecule has 0 bridgehead atoms. The number of pyridine rings is 1. The van der Waals surface area contributed by atoms with Crippen molar-refractivity contribution in [3.8, 4) is 0 Å². The molecule has 1 heterocycles. The van der Waals surface area contributed by atoms with Crippen molar-refractivity contribution >= 4 is 18.1 Å². The Kier molecular flexibility index (Phi) is 5.79. The van der Waals surface area contributed by atoms with Gasteiger partial charge >= 0.3 is 18.1 Å². The first-order valence-corrected chi connectivity index (χ1v) is 6.03. The zero-order valence-electron chi connectivity index (χ0n) is 11.2. The SMILES string of the molecule is CC(C)C[C@H](N)C(=O)OC(=O)OC(=O)c1ccncc1. The number of hydrogen-bond acceptors (Lipinski definition) is 7. The Morgan fingerprint density at radius 1 is 1.20 bits per heavy atom. The first kappa shape index (κ1) is 15.8. The van der Waals surface area contributed by atoms with E-state index >= 15 is 0 Å². The molecular formula is C13H16N2O5. The maximum Gasteiger partial charge on any atom is 0.524 e. The fraction of sp³-hybridized carbons (Fsp3) is 0.385. The van der Waals surface area contributed by atoms with E-state index in [1.807, 2.05) is 13.8 Å². The lowest BCUT2D eigenvalue weighted by molar-refractivity contribution is -0.140.